The Bertz CT molecular complexity index is 523. The van der Waals surface area contributed by atoms with E-state index in [1.54, 1.807) is 0 Å². The van der Waals surface area contributed by atoms with Crippen molar-refractivity contribution in [3.63, 3.8) is 0 Å². The van der Waals surface area contributed by atoms with Gasteiger partial charge < -0.3 is 10.4 Å². The molecule has 21 heavy (non-hydrogen) atoms. The predicted molar refractivity (Wildman–Crippen MR) is 84.9 cm³/mol. The molecule has 0 aliphatic heterocycles. The molecule has 0 bridgehead atoms. The molecule has 1 amide bonds. The molecule has 0 aromatic heterocycles. The van der Waals surface area contributed by atoms with Gasteiger partial charge >= 0.3 is 0 Å². The number of amides is 1. The number of carbonyl (C=O) groups is 1. The van der Waals surface area contributed by atoms with Crippen LogP contribution in [0.1, 0.15) is 35.2 Å². The second-order valence-electron chi connectivity index (χ2n) is 4.46. The first-order chi connectivity index (χ1) is 10.2. The number of aliphatic hydroxyl groups is 1. The smallest absolute Gasteiger partial charge is 0.252 e. The first-order valence-electron chi connectivity index (χ1n) is 6.85. The molecule has 3 nitrogen and oxygen atoms in total. The van der Waals surface area contributed by atoms with Crippen molar-refractivity contribution in [2.75, 3.05) is 25.2 Å². The van der Waals surface area contributed by atoms with Crippen LogP contribution in [-0.2, 0) is 0 Å². The monoisotopic (exact) mass is 309 g/mol. The first-order valence-corrected chi connectivity index (χ1v) is 8.25. The molecule has 1 aromatic rings. The van der Waals surface area contributed by atoms with Gasteiger partial charge in [0.15, 0.2) is 0 Å². The summed E-state index contributed by atoms with van der Waals surface area (Å²) in [7, 11) is 0. The second-order valence-corrected chi connectivity index (χ2v) is 5.44. The number of unbranched alkanes of at least 4 members (excludes halogenated alkanes) is 2. The molecule has 114 valence electrons. The van der Waals surface area contributed by atoms with Gasteiger partial charge in [0, 0.05) is 12.1 Å². The number of aliphatic hydroxyl groups excluding tert-OH is 1. The van der Waals surface area contributed by atoms with Crippen LogP contribution in [0.3, 0.4) is 0 Å². The van der Waals surface area contributed by atoms with E-state index >= 15 is 0 Å². The van der Waals surface area contributed by atoms with Crippen molar-refractivity contribution in [2.24, 2.45) is 0 Å². The summed E-state index contributed by atoms with van der Waals surface area (Å²) in [5.41, 5.74) is 0.630. The van der Waals surface area contributed by atoms with Crippen LogP contribution in [0, 0.1) is 17.7 Å². The maximum Gasteiger partial charge on any atom is 0.252 e. The number of benzene rings is 1. The Kier molecular flexibility index (Phi) is 8.56. The lowest BCUT2D eigenvalue weighted by Crippen LogP contribution is -2.25. The molecule has 0 saturated carbocycles. The van der Waals surface area contributed by atoms with Gasteiger partial charge in [-0.2, -0.15) is 11.8 Å². The molecule has 0 heterocycles. The third kappa shape index (κ3) is 6.65. The van der Waals surface area contributed by atoms with Gasteiger partial charge in [0.05, 0.1) is 5.56 Å². The Hall–Kier alpha value is -1.51. The van der Waals surface area contributed by atoms with Crippen molar-refractivity contribution in [3.8, 4) is 11.8 Å². The summed E-state index contributed by atoms with van der Waals surface area (Å²) in [5, 5.41) is 11.5. The van der Waals surface area contributed by atoms with Gasteiger partial charge in [0.25, 0.3) is 5.91 Å². The fourth-order valence-corrected chi connectivity index (χ4v) is 2.29. The zero-order chi connectivity index (χ0) is 15.5. The van der Waals surface area contributed by atoms with Crippen LogP contribution >= 0.6 is 11.8 Å². The molecular weight excluding hydrogens is 289 g/mol. The lowest BCUT2D eigenvalue weighted by Gasteiger charge is -2.07. The molecule has 1 aromatic carbocycles. The van der Waals surface area contributed by atoms with Crippen LogP contribution in [0.15, 0.2) is 18.2 Å². The highest BCUT2D eigenvalue weighted by Gasteiger charge is 2.11. The summed E-state index contributed by atoms with van der Waals surface area (Å²) in [6, 6.07) is 3.87. The minimum Gasteiger partial charge on any atom is -0.384 e. The highest BCUT2D eigenvalue weighted by Crippen LogP contribution is 2.10. The van der Waals surface area contributed by atoms with Crippen molar-refractivity contribution in [1.29, 1.82) is 0 Å². The number of nitrogens with one attached hydrogen (secondary N) is 1. The van der Waals surface area contributed by atoms with Gasteiger partial charge in [0.1, 0.15) is 12.4 Å². The van der Waals surface area contributed by atoms with Gasteiger partial charge in [-0.3, -0.25) is 4.79 Å². The fourth-order valence-electron chi connectivity index (χ4n) is 1.79. The zero-order valence-corrected chi connectivity index (χ0v) is 12.9. The van der Waals surface area contributed by atoms with Crippen LogP contribution in [0.2, 0.25) is 0 Å². The Labute approximate surface area is 129 Å². The Morgan fingerprint density at radius 3 is 2.90 bits per heavy atom. The summed E-state index contributed by atoms with van der Waals surface area (Å²) in [6.07, 6.45) is 5.16. The van der Waals surface area contributed by atoms with Crippen LogP contribution in [0.25, 0.3) is 0 Å². The van der Waals surface area contributed by atoms with E-state index in [0.29, 0.717) is 12.1 Å². The lowest BCUT2D eigenvalue weighted by atomic mass is 10.1. The van der Waals surface area contributed by atoms with E-state index in [2.05, 4.69) is 23.4 Å². The molecule has 0 fully saturated rings. The molecule has 0 spiro atoms. The molecule has 0 radical (unpaired) electrons. The largest absolute Gasteiger partial charge is 0.384 e. The van der Waals surface area contributed by atoms with Crippen molar-refractivity contribution in [3.05, 3.63) is 35.1 Å². The van der Waals surface area contributed by atoms with E-state index in [9.17, 15) is 9.18 Å². The number of carbonyl (C=O) groups excluding carboxylic acids is 1. The van der Waals surface area contributed by atoms with E-state index in [4.69, 9.17) is 5.11 Å². The second kappa shape index (κ2) is 10.3. The van der Waals surface area contributed by atoms with Gasteiger partial charge in [-0.1, -0.05) is 18.3 Å². The third-order valence-electron chi connectivity index (χ3n) is 2.84. The molecule has 2 N–H and O–H groups in total. The van der Waals surface area contributed by atoms with Crippen LogP contribution in [-0.4, -0.2) is 36.2 Å². The van der Waals surface area contributed by atoms with Crippen LogP contribution in [0.5, 0.6) is 0 Å². The minimum atomic E-state index is -0.477. The normalized spacial score (nSPS) is 9.86. The minimum absolute atomic E-state index is 0.208. The zero-order valence-electron chi connectivity index (χ0n) is 12.1. The number of hydrogen-bond acceptors (Lipinski definition) is 3. The van der Waals surface area contributed by atoms with Gasteiger partial charge in [-0.05, 0) is 43.0 Å². The fraction of sp³-hybridized carbons (Fsp3) is 0.438. The summed E-state index contributed by atoms with van der Waals surface area (Å²) < 4.78 is 13.3. The highest BCUT2D eigenvalue weighted by atomic mass is 32.2. The van der Waals surface area contributed by atoms with Crippen LogP contribution in [0.4, 0.5) is 4.39 Å². The standard InChI is InChI=1S/C16H20FNO2S/c1-21-11-4-2-3-9-18-16(20)15-12-14(17)8-7-13(15)6-5-10-19/h7-8,12,19H,2-4,9-11H2,1H3,(H,18,20). The van der Waals surface area contributed by atoms with E-state index in [1.807, 2.05) is 11.8 Å². The van der Waals surface area contributed by atoms with E-state index in [-0.39, 0.29) is 18.1 Å². The quantitative estimate of drug-likeness (QED) is 0.601. The molecule has 0 aliphatic rings. The number of rotatable bonds is 7. The summed E-state index contributed by atoms with van der Waals surface area (Å²) >= 11 is 1.81. The van der Waals surface area contributed by atoms with Crippen molar-refractivity contribution < 1.29 is 14.3 Å². The molecule has 0 aliphatic carbocycles. The SMILES string of the molecule is CSCCCCCNC(=O)c1cc(F)ccc1C#CCO. The maximum atomic E-state index is 13.3. The predicted octanol–water partition coefficient (Wildman–Crippen LogP) is 2.43. The van der Waals surface area contributed by atoms with Crippen molar-refractivity contribution in [1.82, 2.24) is 5.32 Å². The average Bonchev–Trinajstić information content (AvgIpc) is 2.49. The van der Waals surface area contributed by atoms with E-state index in [0.717, 1.165) is 25.0 Å². The summed E-state index contributed by atoms with van der Waals surface area (Å²) in [6.45, 7) is 0.268. The van der Waals surface area contributed by atoms with Crippen LogP contribution < -0.4 is 5.32 Å². The highest BCUT2D eigenvalue weighted by molar-refractivity contribution is 7.98. The number of halogens is 1. The molecule has 5 heteroatoms. The molecule has 0 atom stereocenters. The molecule has 1 rings (SSSR count). The third-order valence-corrected chi connectivity index (χ3v) is 3.54. The van der Waals surface area contributed by atoms with E-state index in [1.165, 1.54) is 18.2 Å². The van der Waals surface area contributed by atoms with Crippen molar-refractivity contribution in [2.45, 2.75) is 19.3 Å². The number of hydrogen-bond donors (Lipinski definition) is 2. The van der Waals surface area contributed by atoms with Gasteiger partial charge in [-0.25, -0.2) is 4.39 Å². The first kappa shape index (κ1) is 17.5. The average molecular weight is 309 g/mol. The Morgan fingerprint density at radius 2 is 2.19 bits per heavy atom. The lowest BCUT2D eigenvalue weighted by molar-refractivity contribution is 0.0952. The molecule has 0 saturated heterocycles. The summed E-state index contributed by atoms with van der Waals surface area (Å²) in [5.74, 6) is 5.44. The maximum absolute atomic E-state index is 13.3. The van der Waals surface area contributed by atoms with Gasteiger partial charge in [-0.15, -0.1) is 0 Å². The molecular formula is C16H20FNO2S. The topological polar surface area (TPSA) is 49.3 Å². The Morgan fingerprint density at radius 1 is 1.38 bits per heavy atom. The number of thioether (sulfide) groups is 1. The molecule has 0 unspecified atom stereocenters. The van der Waals surface area contributed by atoms with Crippen molar-refractivity contribution >= 4 is 17.7 Å². The van der Waals surface area contributed by atoms with E-state index < -0.39 is 5.82 Å². The summed E-state index contributed by atoms with van der Waals surface area (Å²) in [4.78, 5) is 12.1. The Balaban J connectivity index is 2.58. The van der Waals surface area contributed by atoms with Gasteiger partial charge in [0.2, 0.25) is 0 Å².